The van der Waals surface area contributed by atoms with Crippen LogP contribution in [0, 0.1) is 0 Å². The molecule has 2 rings (SSSR count). The van der Waals surface area contributed by atoms with Gasteiger partial charge < -0.3 is 15.0 Å². The molecule has 2 aromatic rings. The molecule has 2 aromatic carbocycles. The van der Waals surface area contributed by atoms with Gasteiger partial charge in [0.05, 0.1) is 21.8 Å². The van der Waals surface area contributed by atoms with E-state index in [0.29, 0.717) is 22.1 Å². The number of ether oxygens (including phenoxy) is 1. The summed E-state index contributed by atoms with van der Waals surface area (Å²) in [5.41, 5.74) is 0.995. The lowest BCUT2D eigenvalue weighted by Gasteiger charge is -2.21. The predicted octanol–water partition coefficient (Wildman–Crippen LogP) is 4.77. The van der Waals surface area contributed by atoms with Gasteiger partial charge in [0.2, 0.25) is 11.8 Å². The average Bonchev–Trinajstić information content (AvgIpc) is 2.57. The van der Waals surface area contributed by atoms with Gasteiger partial charge in [-0.15, -0.1) is 0 Å². The molecule has 0 bridgehead atoms. The van der Waals surface area contributed by atoms with Crippen LogP contribution >= 0.6 is 23.2 Å². The van der Waals surface area contributed by atoms with Crippen molar-refractivity contribution in [2.45, 2.75) is 26.9 Å². The highest BCUT2D eigenvalue weighted by atomic mass is 35.5. The molecule has 2 amide bonds. The molecule has 0 unspecified atom stereocenters. The smallest absolute Gasteiger partial charge is 0.244 e. The second-order valence-electron chi connectivity index (χ2n) is 5.92. The fourth-order valence-electron chi connectivity index (χ4n) is 2.29. The summed E-state index contributed by atoms with van der Waals surface area (Å²) in [6, 6.07) is 11.9. The molecule has 26 heavy (non-hydrogen) atoms. The number of benzene rings is 2. The first-order valence-corrected chi connectivity index (χ1v) is 8.82. The number of hydrogen-bond acceptors (Lipinski definition) is 3. The van der Waals surface area contributed by atoms with Crippen molar-refractivity contribution in [3.05, 3.63) is 52.5 Å². The van der Waals surface area contributed by atoms with Crippen LogP contribution in [0.4, 0.5) is 11.4 Å². The topological polar surface area (TPSA) is 58.6 Å². The Bertz CT molecular complexity index is 792. The predicted molar refractivity (Wildman–Crippen MR) is 105 cm³/mol. The normalized spacial score (nSPS) is 10.5. The number of carbonyl (C=O) groups excluding carboxylic acids is 2. The van der Waals surface area contributed by atoms with Gasteiger partial charge in [-0.05, 0) is 50.2 Å². The average molecular weight is 395 g/mol. The van der Waals surface area contributed by atoms with Crippen molar-refractivity contribution >= 4 is 46.4 Å². The fraction of sp³-hybridized carbons (Fsp3) is 0.263. The lowest BCUT2D eigenvalue weighted by Crippen LogP contribution is -2.36. The molecule has 0 saturated heterocycles. The molecular formula is C19H20Cl2N2O3. The van der Waals surface area contributed by atoms with Gasteiger partial charge in [-0.25, -0.2) is 0 Å². The molecule has 5 nitrogen and oxygen atoms in total. The van der Waals surface area contributed by atoms with E-state index < -0.39 is 0 Å². The van der Waals surface area contributed by atoms with Crippen LogP contribution in [0.15, 0.2) is 42.5 Å². The van der Waals surface area contributed by atoms with E-state index in [4.69, 9.17) is 27.9 Å². The summed E-state index contributed by atoms with van der Waals surface area (Å²) in [4.78, 5) is 25.7. The Morgan fingerprint density at radius 3 is 2.35 bits per heavy atom. The summed E-state index contributed by atoms with van der Waals surface area (Å²) >= 11 is 12.0. The summed E-state index contributed by atoms with van der Waals surface area (Å²) in [6.45, 7) is 5.11. The maximum atomic E-state index is 12.3. The lowest BCUT2D eigenvalue weighted by atomic mass is 10.2. The van der Waals surface area contributed by atoms with Crippen molar-refractivity contribution in [1.29, 1.82) is 0 Å². The molecule has 0 fully saturated rings. The van der Waals surface area contributed by atoms with E-state index in [0.717, 1.165) is 0 Å². The number of amides is 2. The summed E-state index contributed by atoms with van der Waals surface area (Å²) in [5.74, 6) is 0.0594. The maximum absolute atomic E-state index is 12.3. The maximum Gasteiger partial charge on any atom is 0.244 e. The standard InChI is InChI=1S/C19H20Cl2N2O3/c1-12(2)26-15-9-7-14(8-10-15)23(13(3)24)11-18(25)22-17-6-4-5-16(20)19(17)21/h4-10,12H,11H2,1-3H3,(H,22,25). The number of halogens is 2. The van der Waals surface area contributed by atoms with Crippen molar-refractivity contribution in [3.63, 3.8) is 0 Å². The minimum absolute atomic E-state index is 0.0537. The number of hydrogen-bond donors (Lipinski definition) is 1. The van der Waals surface area contributed by atoms with Crippen molar-refractivity contribution < 1.29 is 14.3 Å². The largest absolute Gasteiger partial charge is 0.491 e. The molecule has 1 N–H and O–H groups in total. The number of rotatable bonds is 6. The first-order valence-electron chi connectivity index (χ1n) is 8.06. The molecule has 0 radical (unpaired) electrons. The van der Waals surface area contributed by atoms with E-state index in [1.807, 2.05) is 13.8 Å². The Balaban J connectivity index is 2.11. The zero-order valence-electron chi connectivity index (χ0n) is 14.8. The van der Waals surface area contributed by atoms with Crippen LogP contribution in [-0.4, -0.2) is 24.5 Å². The van der Waals surface area contributed by atoms with Gasteiger partial charge in [0.25, 0.3) is 0 Å². The molecule has 0 aliphatic heterocycles. The minimum Gasteiger partial charge on any atom is -0.491 e. The van der Waals surface area contributed by atoms with Crippen LogP contribution in [0.2, 0.25) is 10.0 Å². The molecule has 0 spiro atoms. The van der Waals surface area contributed by atoms with Crippen molar-refractivity contribution in [2.75, 3.05) is 16.8 Å². The van der Waals surface area contributed by atoms with E-state index in [1.165, 1.54) is 11.8 Å². The van der Waals surface area contributed by atoms with Crippen LogP contribution in [0.1, 0.15) is 20.8 Å². The van der Waals surface area contributed by atoms with Gasteiger partial charge in [0, 0.05) is 12.6 Å². The van der Waals surface area contributed by atoms with Crippen molar-refractivity contribution in [2.24, 2.45) is 0 Å². The highest BCUT2D eigenvalue weighted by Crippen LogP contribution is 2.29. The first kappa shape index (κ1) is 20.1. The SMILES string of the molecule is CC(=O)N(CC(=O)Nc1cccc(Cl)c1Cl)c1ccc(OC(C)C)cc1. The van der Waals surface area contributed by atoms with Crippen LogP contribution in [-0.2, 0) is 9.59 Å². The Labute approximate surface area is 162 Å². The van der Waals surface area contributed by atoms with E-state index in [1.54, 1.807) is 42.5 Å². The van der Waals surface area contributed by atoms with Crippen molar-refractivity contribution in [1.82, 2.24) is 0 Å². The summed E-state index contributed by atoms with van der Waals surface area (Å²) < 4.78 is 5.58. The molecular weight excluding hydrogens is 375 g/mol. The molecule has 0 aliphatic rings. The van der Waals surface area contributed by atoms with Gasteiger partial charge in [-0.3, -0.25) is 9.59 Å². The van der Waals surface area contributed by atoms with Gasteiger partial charge >= 0.3 is 0 Å². The quantitative estimate of drug-likeness (QED) is 0.767. The third kappa shape index (κ3) is 5.38. The van der Waals surface area contributed by atoms with E-state index in [2.05, 4.69) is 5.32 Å². The summed E-state index contributed by atoms with van der Waals surface area (Å²) in [6.07, 6.45) is 0.0537. The Morgan fingerprint density at radius 2 is 1.77 bits per heavy atom. The Morgan fingerprint density at radius 1 is 1.12 bits per heavy atom. The van der Waals surface area contributed by atoms with Gasteiger partial charge in [0.1, 0.15) is 12.3 Å². The van der Waals surface area contributed by atoms with Gasteiger partial charge in [0.15, 0.2) is 0 Å². The molecule has 0 atom stereocenters. The number of nitrogens with zero attached hydrogens (tertiary/aromatic N) is 1. The highest BCUT2D eigenvalue weighted by Gasteiger charge is 2.17. The fourth-order valence-corrected chi connectivity index (χ4v) is 2.64. The zero-order chi connectivity index (χ0) is 19.3. The van der Waals surface area contributed by atoms with E-state index >= 15 is 0 Å². The van der Waals surface area contributed by atoms with Crippen LogP contribution < -0.4 is 15.0 Å². The number of nitrogens with one attached hydrogen (secondary N) is 1. The molecule has 0 heterocycles. The zero-order valence-corrected chi connectivity index (χ0v) is 16.3. The lowest BCUT2D eigenvalue weighted by molar-refractivity contribution is -0.120. The number of anilines is 2. The Kier molecular flexibility index (Phi) is 6.89. The monoisotopic (exact) mass is 394 g/mol. The van der Waals surface area contributed by atoms with Crippen molar-refractivity contribution in [3.8, 4) is 5.75 Å². The van der Waals surface area contributed by atoms with Gasteiger partial charge in [-0.2, -0.15) is 0 Å². The summed E-state index contributed by atoms with van der Waals surface area (Å²) in [5, 5.41) is 3.27. The van der Waals surface area contributed by atoms with Crippen LogP contribution in [0.3, 0.4) is 0 Å². The summed E-state index contributed by atoms with van der Waals surface area (Å²) in [7, 11) is 0. The number of carbonyl (C=O) groups is 2. The Hall–Kier alpha value is -2.24. The molecule has 0 aromatic heterocycles. The first-order chi connectivity index (χ1) is 12.3. The molecule has 0 saturated carbocycles. The molecule has 7 heteroatoms. The molecule has 0 aliphatic carbocycles. The highest BCUT2D eigenvalue weighted by molar-refractivity contribution is 6.44. The minimum atomic E-state index is -0.383. The third-order valence-electron chi connectivity index (χ3n) is 3.43. The van der Waals surface area contributed by atoms with E-state index in [-0.39, 0.29) is 29.5 Å². The third-order valence-corrected chi connectivity index (χ3v) is 4.25. The van der Waals surface area contributed by atoms with E-state index in [9.17, 15) is 9.59 Å². The second-order valence-corrected chi connectivity index (χ2v) is 6.70. The second kappa shape index (κ2) is 8.92. The van der Waals surface area contributed by atoms with Crippen LogP contribution in [0.25, 0.3) is 0 Å². The van der Waals surface area contributed by atoms with Crippen LogP contribution in [0.5, 0.6) is 5.75 Å². The molecule has 138 valence electrons. The van der Waals surface area contributed by atoms with Gasteiger partial charge in [-0.1, -0.05) is 29.3 Å².